The second kappa shape index (κ2) is 4.62. The minimum atomic E-state index is -1.30. The molecule has 0 fully saturated rings. The summed E-state index contributed by atoms with van der Waals surface area (Å²) >= 11 is 0. The average molecular weight is 149 g/mol. The second-order valence-electron chi connectivity index (χ2n) is 1.84. The average Bonchev–Trinajstić information content (AvgIpc) is 1.89. The van der Waals surface area contributed by atoms with Crippen molar-refractivity contribution in [2.24, 2.45) is 5.73 Å². The van der Waals surface area contributed by atoms with E-state index < -0.39 is 5.91 Å². The first kappa shape index (κ1) is 9.84. The van der Waals surface area contributed by atoms with Gasteiger partial charge >= 0.3 is 0 Å². The molecule has 0 saturated carbocycles. The van der Waals surface area contributed by atoms with Crippen LogP contribution >= 0.6 is 0 Å². The van der Waals surface area contributed by atoms with Gasteiger partial charge in [-0.15, -0.1) is 0 Å². The lowest BCUT2D eigenvalue weighted by Gasteiger charge is -2.25. The van der Waals surface area contributed by atoms with Gasteiger partial charge in [-0.2, -0.15) is 0 Å². The van der Waals surface area contributed by atoms with E-state index in [0.29, 0.717) is 13.2 Å². The van der Waals surface area contributed by atoms with E-state index >= 15 is 0 Å². The molecule has 4 heteroatoms. The number of ether oxygens (including phenoxy) is 2. The monoisotopic (exact) mass is 149 g/mol. The van der Waals surface area contributed by atoms with Gasteiger partial charge < -0.3 is 14.6 Å². The zero-order valence-electron chi connectivity index (χ0n) is 6.46. The molecule has 0 aliphatic carbocycles. The molecule has 10 heavy (non-hydrogen) atoms. The van der Waals surface area contributed by atoms with Crippen molar-refractivity contribution in [2.75, 3.05) is 19.8 Å². The fraction of sp³-hybridized carbons (Fsp3) is 1.00. The van der Waals surface area contributed by atoms with Crippen LogP contribution in [0.5, 0.6) is 0 Å². The second-order valence-corrected chi connectivity index (χ2v) is 1.84. The summed E-state index contributed by atoms with van der Waals surface area (Å²) in [5, 5.41) is 8.67. The molecule has 0 rings (SSSR count). The first-order valence-corrected chi connectivity index (χ1v) is 3.36. The maximum Gasteiger partial charge on any atom is 0.249 e. The Morgan fingerprint density at radius 1 is 1.30 bits per heavy atom. The number of aliphatic hydroxyl groups excluding tert-OH is 1. The molecule has 3 N–H and O–H groups in total. The maximum absolute atomic E-state index is 8.67. The fourth-order valence-electron chi connectivity index (χ4n) is 0.622. The van der Waals surface area contributed by atoms with E-state index in [0.717, 1.165) is 0 Å². The molecule has 4 nitrogen and oxygen atoms in total. The molecule has 0 heterocycles. The van der Waals surface area contributed by atoms with Crippen LogP contribution in [0, 0.1) is 0 Å². The van der Waals surface area contributed by atoms with Crippen molar-refractivity contribution in [1.29, 1.82) is 0 Å². The summed E-state index contributed by atoms with van der Waals surface area (Å²) in [6.45, 7) is 4.11. The number of hydrogen-bond donors (Lipinski definition) is 2. The minimum absolute atomic E-state index is 0.325. The minimum Gasteiger partial charge on any atom is -0.389 e. The summed E-state index contributed by atoms with van der Waals surface area (Å²) in [5.41, 5.74) is 5.42. The van der Waals surface area contributed by atoms with Crippen molar-refractivity contribution < 1.29 is 14.6 Å². The fourth-order valence-corrected chi connectivity index (χ4v) is 0.622. The van der Waals surface area contributed by atoms with Gasteiger partial charge in [0, 0.05) is 13.2 Å². The van der Waals surface area contributed by atoms with E-state index in [9.17, 15) is 0 Å². The Bertz CT molecular complexity index is 81.1. The van der Waals surface area contributed by atoms with Crippen LogP contribution in [0.25, 0.3) is 0 Å². The van der Waals surface area contributed by atoms with Crippen molar-refractivity contribution in [3.8, 4) is 0 Å². The smallest absolute Gasteiger partial charge is 0.249 e. The summed E-state index contributed by atoms with van der Waals surface area (Å²) < 4.78 is 9.85. The largest absolute Gasteiger partial charge is 0.389 e. The number of aliphatic hydroxyl groups is 1. The lowest BCUT2D eigenvalue weighted by molar-refractivity contribution is -0.247. The Balaban J connectivity index is 3.69. The molecule has 0 aromatic heterocycles. The number of hydrogen-bond acceptors (Lipinski definition) is 4. The molecule has 0 saturated heterocycles. The van der Waals surface area contributed by atoms with Gasteiger partial charge in [0.2, 0.25) is 5.91 Å². The summed E-state index contributed by atoms with van der Waals surface area (Å²) in [6, 6.07) is 0. The van der Waals surface area contributed by atoms with Gasteiger partial charge in [-0.05, 0) is 13.8 Å². The topological polar surface area (TPSA) is 64.7 Å². The van der Waals surface area contributed by atoms with Crippen LogP contribution in [0.3, 0.4) is 0 Å². The molecule has 0 amide bonds. The third kappa shape index (κ3) is 3.12. The van der Waals surface area contributed by atoms with Crippen LogP contribution in [0.15, 0.2) is 0 Å². The van der Waals surface area contributed by atoms with Gasteiger partial charge in [0.25, 0.3) is 0 Å². The molecule has 62 valence electrons. The lowest BCUT2D eigenvalue weighted by Crippen LogP contribution is -2.49. The van der Waals surface area contributed by atoms with Crippen molar-refractivity contribution in [3.05, 3.63) is 0 Å². The normalized spacial score (nSPS) is 12.0. The van der Waals surface area contributed by atoms with E-state index in [4.69, 9.17) is 20.3 Å². The van der Waals surface area contributed by atoms with E-state index in [-0.39, 0.29) is 6.61 Å². The Kier molecular flexibility index (Phi) is 4.55. The number of nitrogens with two attached hydrogens (primary N) is 1. The van der Waals surface area contributed by atoms with E-state index in [1.54, 1.807) is 13.8 Å². The van der Waals surface area contributed by atoms with Gasteiger partial charge in [-0.1, -0.05) is 0 Å². The van der Waals surface area contributed by atoms with Gasteiger partial charge in [-0.25, -0.2) is 0 Å². The van der Waals surface area contributed by atoms with E-state index in [1.807, 2.05) is 0 Å². The molecular formula is C6H15NO3. The highest BCUT2D eigenvalue weighted by Gasteiger charge is 2.23. The van der Waals surface area contributed by atoms with E-state index in [2.05, 4.69) is 0 Å². The highest BCUT2D eigenvalue weighted by Crippen LogP contribution is 2.02. The van der Waals surface area contributed by atoms with Crippen LogP contribution < -0.4 is 5.73 Å². The third-order valence-corrected chi connectivity index (χ3v) is 0.998. The van der Waals surface area contributed by atoms with Crippen LogP contribution in [-0.2, 0) is 9.47 Å². The zero-order chi connectivity index (χ0) is 8.04. The Morgan fingerprint density at radius 2 is 1.70 bits per heavy atom. The first-order valence-electron chi connectivity index (χ1n) is 3.36. The molecule has 0 atom stereocenters. The maximum atomic E-state index is 8.67. The summed E-state index contributed by atoms with van der Waals surface area (Å²) in [4.78, 5) is 0. The quantitative estimate of drug-likeness (QED) is 0.525. The summed E-state index contributed by atoms with van der Waals surface area (Å²) in [6.07, 6.45) is 0. The van der Waals surface area contributed by atoms with E-state index in [1.165, 1.54) is 0 Å². The predicted molar refractivity (Wildman–Crippen MR) is 37.3 cm³/mol. The molecule has 0 aromatic rings. The van der Waals surface area contributed by atoms with Gasteiger partial charge in [0.15, 0.2) is 0 Å². The molecule has 0 radical (unpaired) electrons. The lowest BCUT2D eigenvalue weighted by atomic mass is 10.5. The van der Waals surface area contributed by atoms with Crippen LogP contribution in [0.1, 0.15) is 13.8 Å². The first-order chi connectivity index (χ1) is 4.68. The Hall–Kier alpha value is -0.160. The molecular weight excluding hydrogens is 134 g/mol. The Labute approximate surface area is 60.9 Å². The summed E-state index contributed by atoms with van der Waals surface area (Å²) in [5.74, 6) is -1.30. The van der Waals surface area contributed by atoms with Gasteiger partial charge in [0.1, 0.15) is 6.61 Å². The molecule has 0 aromatic carbocycles. The molecule has 0 aliphatic rings. The predicted octanol–water partition coefficient (Wildman–Crippen LogP) is -0.336. The summed E-state index contributed by atoms with van der Waals surface area (Å²) in [7, 11) is 0. The van der Waals surface area contributed by atoms with Crippen molar-refractivity contribution in [3.63, 3.8) is 0 Å². The standard InChI is InChI=1S/C6H15NO3/c1-3-9-6(7,5-8)10-4-2/h8H,3-5,7H2,1-2H3. The van der Waals surface area contributed by atoms with Crippen LogP contribution in [-0.4, -0.2) is 30.8 Å². The van der Waals surface area contributed by atoms with Crippen LogP contribution in [0.2, 0.25) is 0 Å². The highest BCUT2D eigenvalue weighted by atomic mass is 16.7. The molecule has 0 unspecified atom stereocenters. The highest BCUT2D eigenvalue weighted by molar-refractivity contribution is 4.56. The zero-order valence-corrected chi connectivity index (χ0v) is 6.46. The SMILES string of the molecule is CCOC(N)(CO)OCC. The third-order valence-electron chi connectivity index (χ3n) is 0.998. The molecule has 0 aliphatic heterocycles. The van der Waals surface area contributed by atoms with Crippen molar-refractivity contribution >= 4 is 0 Å². The number of rotatable bonds is 5. The van der Waals surface area contributed by atoms with Gasteiger partial charge in [0.05, 0.1) is 0 Å². The Morgan fingerprint density at radius 3 is 1.90 bits per heavy atom. The van der Waals surface area contributed by atoms with Crippen molar-refractivity contribution in [1.82, 2.24) is 0 Å². The van der Waals surface area contributed by atoms with Gasteiger partial charge in [-0.3, -0.25) is 5.73 Å². The van der Waals surface area contributed by atoms with Crippen LogP contribution in [0.4, 0.5) is 0 Å². The molecule has 0 spiro atoms. The van der Waals surface area contributed by atoms with Crippen molar-refractivity contribution in [2.45, 2.75) is 19.8 Å². The molecule has 0 bridgehead atoms.